The molecule has 1 aromatic carbocycles. The number of rotatable bonds is 3. The van der Waals surface area contributed by atoms with E-state index < -0.39 is 18.0 Å². The molecule has 1 atom stereocenters. The number of alkyl halides is 3. The SMILES string of the molecule is NCC(Sc1cccc(Cl)c1)C(F)(F)F. The minimum absolute atomic E-state index is 0.415. The molecule has 0 aliphatic rings. The summed E-state index contributed by atoms with van der Waals surface area (Å²) in [6.45, 7) is -0.444. The molecule has 1 aromatic rings. The maximum atomic E-state index is 12.4. The zero-order valence-corrected chi connectivity index (χ0v) is 9.16. The number of hydrogen-bond donors (Lipinski definition) is 1. The van der Waals surface area contributed by atoms with E-state index in [1.54, 1.807) is 18.2 Å². The van der Waals surface area contributed by atoms with Crippen molar-refractivity contribution in [2.45, 2.75) is 16.3 Å². The highest BCUT2D eigenvalue weighted by atomic mass is 35.5. The van der Waals surface area contributed by atoms with Crippen molar-refractivity contribution in [2.24, 2.45) is 5.73 Å². The lowest BCUT2D eigenvalue weighted by atomic mass is 10.4. The number of thioether (sulfide) groups is 1. The molecule has 1 rings (SSSR count). The van der Waals surface area contributed by atoms with E-state index in [2.05, 4.69) is 0 Å². The predicted octanol–water partition coefficient (Wildman–Crippen LogP) is 3.32. The summed E-state index contributed by atoms with van der Waals surface area (Å²) in [5.41, 5.74) is 5.07. The van der Waals surface area contributed by atoms with Crippen LogP contribution in [0, 0.1) is 0 Å². The standard InChI is InChI=1S/C9H9ClF3NS/c10-6-2-1-3-7(4-6)15-8(5-14)9(11,12)13/h1-4,8H,5,14H2. The van der Waals surface area contributed by atoms with E-state index in [4.69, 9.17) is 17.3 Å². The van der Waals surface area contributed by atoms with E-state index in [9.17, 15) is 13.2 Å². The van der Waals surface area contributed by atoms with Gasteiger partial charge in [0.25, 0.3) is 0 Å². The van der Waals surface area contributed by atoms with Crippen LogP contribution >= 0.6 is 23.4 Å². The molecule has 0 saturated heterocycles. The van der Waals surface area contributed by atoms with Crippen molar-refractivity contribution < 1.29 is 13.2 Å². The molecule has 0 aliphatic carbocycles. The summed E-state index contributed by atoms with van der Waals surface area (Å²) < 4.78 is 37.1. The quantitative estimate of drug-likeness (QED) is 0.839. The highest BCUT2D eigenvalue weighted by molar-refractivity contribution is 8.00. The van der Waals surface area contributed by atoms with E-state index in [1.165, 1.54) is 6.07 Å². The highest BCUT2D eigenvalue weighted by Gasteiger charge is 2.39. The Kier molecular flexibility index (Phi) is 4.31. The Morgan fingerprint density at radius 2 is 2.07 bits per heavy atom. The molecule has 84 valence electrons. The van der Waals surface area contributed by atoms with Crippen molar-refractivity contribution >= 4 is 23.4 Å². The fourth-order valence-corrected chi connectivity index (χ4v) is 2.12. The van der Waals surface area contributed by atoms with Gasteiger partial charge in [-0.3, -0.25) is 0 Å². The molecule has 0 heterocycles. The molecular weight excluding hydrogens is 247 g/mol. The topological polar surface area (TPSA) is 26.0 Å². The van der Waals surface area contributed by atoms with Crippen LogP contribution in [-0.4, -0.2) is 18.0 Å². The van der Waals surface area contributed by atoms with Crippen LogP contribution in [0.15, 0.2) is 29.2 Å². The van der Waals surface area contributed by atoms with E-state index in [0.29, 0.717) is 21.7 Å². The minimum atomic E-state index is -4.29. The summed E-state index contributed by atoms with van der Waals surface area (Å²) in [7, 11) is 0. The molecular formula is C9H9ClF3NS. The van der Waals surface area contributed by atoms with Crippen LogP contribution < -0.4 is 5.73 Å². The van der Waals surface area contributed by atoms with Crippen molar-refractivity contribution in [1.29, 1.82) is 0 Å². The Hall–Kier alpha value is -0.390. The third-order valence-electron chi connectivity index (χ3n) is 1.65. The third-order valence-corrected chi connectivity index (χ3v) is 3.16. The average Bonchev–Trinajstić information content (AvgIpc) is 2.12. The predicted molar refractivity (Wildman–Crippen MR) is 56.2 cm³/mol. The Bertz CT molecular complexity index is 329. The molecule has 15 heavy (non-hydrogen) atoms. The van der Waals surface area contributed by atoms with Crippen LogP contribution in [-0.2, 0) is 0 Å². The molecule has 0 bridgehead atoms. The van der Waals surface area contributed by atoms with Crippen LogP contribution in [0.25, 0.3) is 0 Å². The van der Waals surface area contributed by atoms with Crippen molar-refractivity contribution in [3.8, 4) is 0 Å². The van der Waals surface area contributed by atoms with Gasteiger partial charge in [0.2, 0.25) is 0 Å². The van der Waals surface area contributed by atoms with Crippen molar-refractivity contribution in [1.82, 2.24) is 0 Å². The van der Waals surface area contributed by atoms with Gasteiger partial charge in [-0.25, -0.2) is 0 Å². The highest BCUT2D eigenvalue weighted by Crippen LogP contribution is 2.35. The van der Waals surface area contributed by atoms with Crippen LogP contribution in [0.2, 0.25) is 5.02 Å². The van der Waals surface area contributed by atoms with Crippen molar-refractivity contribution in [2.75, 3.05) is 6.54 Å². The number of benzene rings is 1. The van der Waals surface area contributed by atoms with Gasteiger partial charge < -0.3 is 5.73 Å². The third kappa shape index (κ3) is 3.93. The summed E-state index contributed by atoms with van der Waals surface area (Å²) in [6, 6.07) is 6.27. The van der Waals surface area contributed by atoms with E-state index in [0.717, 1.165) is 0 Å². The molecule has 2 N–H and O–H groups in total. The Morgan fingerprint density at radius 3 is 2.53 bits per heavy atom. The Labute approximate surface area is 94.8 Å². The van der Waals surface area contributed by atoms with Crippen LogP contribution in [0.3, 0.4) is 0 Å². The van der Waals surface area contributed by atoms with Gasteiger partial charge in [-0.05, 0) is 18.2 Å². The summed E-state index contributed by atoms with van der Waals surface area (Å²) in [5.74, 6) is 0. The van der Waals surface area contributed by atoms with Gasteiger partial charge in [0, 0.05) is 16.5 Å². The fraction of sp³-hybridized carbons (Fsp3) is 0.333. The number of halogens is 4. The first kappa shape index (κ1) is 12.7. The summed E-state index contributed by atoms with van der Waals surface area (Å²) in [5, 5.41) is -1.17. The van der Waals surface area contributed by atoms with Gasteiger partial charge in [0.1, 0.15) is 5.25 Å². The second-order valence-corrected chi connectivity index (χ2v) is 4.55. The minimum Gasteiger partial charge on any atom is -0.329 e. The fourth-order valence-electron chi connectivity index (χ4n) is 0.953. The molecule has 0 radical (unpaired) electrons. The molecule has 0 fully saturated rings. The second-order valence-electron chi connectivity index (χ2n) is 2.84. The smallest absolute Gasteiger partial charge is 0.329 e. The molecule has 1 nitrogen and oxygen atoms in total. The molecule has 0 spiro atoms. The summed E-state index contributed by atoms with van der Waals surface area (Å²) in [4.78, 5) is 0.468. The van der Waals surface area contributed by atoms with Gasteiger partial charge in [0.15, 0.2) is 0 Å². The number of nitrogens with two attached hydrogens (primary N) is 1. The van der Waals surface area contributed by atoms with Crippen LogP contribution in [0.4, 0.5) is 13.2 Å². The molecule has 0 aromatic heterocycles. The first-order chi connectivity index (χ1) is 6.93. The first-order valence-electron chi connectivity index (χ1n) is 4.12. The lowest BCUT2D eigenvalue weighted by Gasteiger charge is -2.17. The van der Waals surface area contributed by atoms with Gasteiger partial charge in [0.05, 0.1) is 0 Å². The van der Waals surface area contributed by atoms with E-state index in [1.807, 2.05) is 0 Å². The molecule has 0 aliphatic heterocycles. The number of hydrogen-bond acceptors (Lipinski definition) is 2. The normalized spacial score (nSPS) is 13.9. The molecule has 1 unspecified atom stereocenters. The van der Waals surface area contributed by atoms with Gasteiger partial charge >= 0.3 is 6.18 Å². The van der Waals surface area contributed by atoms with Crippen molar-refractivity contribution in [3.63, 3.8) is 0 Å². The largest absolute Gasteiger partial charge is 0.402 e. The maximum absolute atomic E-state index is 12.4. The van der Waals surface area contributed by atoms with Gasteiger partial charge in [-0.1, -0.05) is 17.7 Å². The Morgan fingerprint density at radius 1 is 1.40 bits per heavy atom. The Balaban J connectivity index is 2.76. The van der Waals surface area contributed by atoms with Gasteiger partial charge in [-0.15, -0.1) is 11.8 Å². The molecule has 0 amide bonds. The second kappa shape index (κ2) is 5.09. The summed E-state index contributed by atoms with van der Waals surface area (Å²) >= 11 is 6.34. The first-order valence-corrected chi connectivity index (χ1v) is 5.38. The van der Waals surface area contributed by atoms with E-state index >= 15 is 0 Å². The summed E-state index contributed by atoms with van der Waals surface area (Å²) in [6.07, 6.45) is -4.29. The lowest BCUT2D eigenvalue weighted by Crippen LogP contribution is -2.32. The molecule has 6 heteroatoms. The van der Waals surface area contributed by atoms with Crippen LogP contribution in [0.1, 0.15) is 0 Å². The van der Waals surface area contributed by atoms with E-state index in [-0.39, 0.29) is 0 Å². The lowest BCUT2D eigenvalue weighted by molar-refractivity contribution is -0.126. The average molecular weight is 256 g/mol. The van der Waals surface area contributed by atoms with Crippen molar-refractivity contribution in [3.05, 3.63) is 29.3 Å². The van der Waals surface area contributed by atoms with Gasteiger partial charge in [-0.2, -0.15) is 13.2 Å². The van der Waals surface area contributed by atoms with Crippen LogP contribution in [0.5, 0.6) is 0 Å². The zero-order chi connectivity index (χ0) is 11.5. The zero-order valence-electron chi connectivity index (χ0n) is 7.59. The maximum Gasteiger partial charge on any atom is 0.402 e. The molecule has 0 saturated carbocycles. The monoisotopic (exact) mass is 255 g/mol.